The predicted octanol–water partition coefficient (Wildman–Crippen LogP) is 5.93. The number of rotatable bonds is 5. The second-order valence-corrected chi connectivity index (χ2v) is 7.02. The van der Waals surface area contributed by atoms with Crippen LogP contribution in [0.15, 0.2) is 53.8 Å². The van der Waals surface area contributed by atoms with Crippen LogP contribution in [0, 0.1) is 6.92 Å². The highest BCUT2D eigenvalue weighted by Crippen LogP contribution is 2.37. The highest BCUT2D eigenvalue weighted by atomic mass is 32.2. The third-order valence-electron chi connectivity index (χ3n) is 3.36. The molecule has 23 heavy (non-hydrogen) atoms. The third kappa shape index (κ3) is 3.76. The fourth-order valence-corrected chi connectivity index (χ4v) is 4.17. The largest absolute Gasteiger partial charge is 0.266 e. The van der Waals surface area contributed by atoms with Crippen LogP contribution in [0.3, 0.4) is 0 Å². The standard InChI is InChI=1S/C17H14F2N2S2/c1-11-12-5-2-3-6-14(12)23-16(11)13-8-9-20-17(21-13)22-10-4-7-15(18)19/h2-3,5-9H,4,10H2,1H3. The number of halogens is 2. The van der Waals surface area contributed by atoms with Crippen molar-refractivity contribution >= 4 is 33.2 Å². The molecule has 0 amide bonds. The lowest BCUT2D eigenvalue weighted by Crippen LogP contribution is -1.90. The predicted molar refractivity (Wildman–Crippen MR) is 93.2 cm³/mol. The summed E-state index contributed by atoms with van der Waals surface area (Å²) in [6.45, 7) is 2.10. The van der Waals surface area contributed by atoms with Crippen molar-refractivity contribution in [2.75, 3.05) is 5.75 Å². The van der Waals surface area contributed by atoms with Crippen LogP contribution in [0.4, 0.5) is 8.78 Å². The maximum Gasteiger partial charge on any atom is 0.266 e. The molecule has 0 aliphatic carbocycles. The van der Waals surface area contributed by atoms with Crippen LogP contribution in [-0.4, -0.2) is 15.7 Å². The molecule has 0 unspecified atom stereocenters. The second kappa shape index (κ2) is 7.19. The molecule has 118 valence electrons. The van der Waals surface area contributed by atoms with E-state index in [4.69, 9.17) is 0 Å². The number of benzene rings is 1. The first-order chi connectivity index (χ1) is 11.1. The van der Waals surface area contributed by atoms with Gasteiger partial charge in [-0.1, -0.05) is 30.0 Å². The molecule has 2 heterocycles. The highest BCUT2D eigenvalue weighted by Gasteiger charge is 2.12. The first kappa shape index (κ1) is 16.1. The molecule has 0 spiro atoms. The van der Waals surface area contributed by atoms with Crippen molar-refractivity contribution in [2.24, 2.45) is 0 Å². The van der Waals surface area contributed by atoms with Crippen molar-refractivity contribution in [2.45, 2.75) is 18.5 Å². The van der Waals surface area contributed by atoms with E-state index in [9.17, 15) is 8.78 Å². The Labute approximate surface area is 141 Å². The van der Waals surface area contributed by atoms with E-state index in [0.29, 0.717) is 17.3 Å². The van der Waals surface area contributed by atoms with E-state index < -0.39 is 6.08 Å². The molecule has 6 heteroatoms. The SMILES string of the molecule is Cc1c(-c2ccnc(SCCC=C(F)F)n2)sc2ccccc12. The minimum atomic E-state index is -1.64. The molecule has 0 N–H and O–H groups in total. The summed E-state index contributed by atoms with van der Waals surface area (Å²) in [5, 5.41) is 1.86. The zero-order valence-corrected chi connectivity index (χ0v) is 14.1. The molecule has 0 saturated heterocycles. The van der Waals surface area contributed by atoms with Gasteiger partial charge in [-0.2, -0.15) is 8.78 Å². The Bertz CT molecular complexity index is 855. The van der Waals surface area contributed by atoms with Crippen LogP contribution >= 0.6 is 23.1 Å². The second-order valence-electron chi connectivity index (χ2n) is 4.91. The Kier molecular flexibility index (Phi) is 5.03. The molecular weight excluding hydrogens is 334 g/mol. The topological polar surface area (TPSA) is 25.8 Å². The molecule has 0 aliphatic rings. The number of nitrogens with zero attached hydrogens (tertiary/aromatic N) is 2. The van der Waals surface area contributed by atoms with Crippen LogP contribution in [0.2, 0.25) is 0 Å². The van der Waals surface area contributed by atoms with Crippen LogP contribution in [0.5, 0.6) is 0 Å². The van der Waals surface area contributed by atoms with Crippen molar-refractivity contribution in [1.82, 2.24) is 9.97 Å². The average molecular weight is 348 g/mol. The van der Waals surface area contributed by atoms with Crippen molar-refractivity contribution < 1.29 is 8.78 Å². The number of aryl methyl sites for hydroxylation is 1. The Morgan fingerprint density at radius 3 is 2.87 bits per heavy atom. The summed E-state index contributed by atoms with van der Waals surface area (Å²) in [4.78, 5) is 9.91. The van der Waals surface area contributed by atoms with Crippen molar-refractivity contribution in [1.29, 1.82) is 0 Å². The molecule has 2 aromatic heterocycles. The van der Waals surface area contributed by atoms with E-state index in [0.717, 1.165) is 16.6 Å². The van der Waals surface area contributed by atoms with Gasteiger partial charge >= 0.3 is 0 Å². The van der Waals surface area contributed by atoms with Gasteiger partial charge in [-0.3, -0.25) is 0 Å². The molecule has 1 aromatic carbocycles. The number of thioether (sulfide) groups is 1. The molecule has 0 fully saturated rings. The molecule has 0 atom stereocenters. The summed E-state index contributed by atoms with van der Waals surface area (Å²) < 4.78 is 25.3. The van der Waals surface area contributed by atoms with Gasteiger partial charge in [-0.15, -0.1) is 11.3 Å². The lowest BCUT2D eigenvalue weighted by Gasteiger charge is -2.02. The minimum Gasteiger partial charge on any atom is -0.231 e. The number of fused-ring (bicyclic) bond motifs is 1. The maximum absolute atomic E-state index is 12.0. The first-order valence-electron chi connectivity index (χ1n) is 7.10. The summed E-state index contributed by atoms with van der Waals surface area (Å²) in [5.74, 6) is 0.534. The molecular formula is C17H14F2N2S2. The lowest BCUT2D eigenvalue weighted by atomic mass is 10.1. The first-order valence-corrected chi connectivity index (χ1v) is 8.91. The van der Waals surface area contributed by atoms with Gasteiger partial charge in [0.1, 0.15) is 0 Å². The number of hydrogen-bond donors (Lipinski definition) is 0. The Morgan fingerprint density at radius 1 is 1.26 bits per heavy atom. The average Bonchev–Trinajstić information content (AvgIpc) is 2.89. The van der Waals surface area contributed by atoms with E-state index >= 15 is 0 Å². The van der Waals surface area contributed by atoms with Crippen LogP contribution in [0.1, 0.15) is 12.0 Å². The summed E-state index contributed by atoms with van der Waals surface area (Å²) in [6.07, 6.45) is 1.32. The van der Waals surface area contributed by atoms with Crippen molar-refractivity contribution in [3.05, 3.63) is 54.2 Å². The normalized spacial score (nSPS) is 10.9. The molecule has 3 aromatic rings. The molecule has 0 aliphatic heterocycles. The van der Waals surface area contributed by atoms with Gasteiger partial charge in [0, 0.05) is 16.6 Å². The Balaban J connectivity index is 1.84. The van der Waals surface area contributed by atoms with E-state index in [2.05, 4.69) is 29.0 Å². The van der Waals surface area contributed by atoms with Crippen LogP contribution in [0.25, 0.3) is 20.7 Å². The van der Waals surface area contributed by atoms with Crippen LogP contribution in [-0.2, 0) is 0 Å². The molecule has 0 saturated carbocycles. The Hall–Kier alpha value is -1.79. The summed E-state index contributed by atoms with van der Waals surface area (Å²) in [7, 11) is 0. The quantitative estimate of drug-likeness (QED) is 0.325. The lowest BCUT2D eigenvalue weighted by molar-refractivity contribution is 0.418. The zero-order chi connectivity index (χ0) is 16.2. The van der Waals surface area contributed by atoms with Gasteiger partial charge in [0.15, 0.2) is 5.16 Å². The monoisotopic (exact) mass is 348 g/mol. The maximum atomic E-state index is 12.0. The number of aromatic nitrogens is 2. The number of hydrogen-bond acceptors (Lipinski definition) is 4. The van der Waals surface area contributed by atoms with Crippen molar-refractivity contribution in [3.8, 4) is 10.6 Å². The molecule has 2 nitrogen and oxygen atoms in total. The van der Waals surface area contributed by atoms with Gasteiger partial charge < -0.3 is 0 Å². The van der Waals surface area contributed by atoms with E-state index in [-0.39, 0.29) is 0 Å². The molecule has 0 bridgehead atoms. The van der Waals surface area contributed by atoms with Gasteiger partial charge in [0.05, 0.1) is 10.6 Å². The molecule has 3 rings (SSSR count). The van der Waals surface area contributed by atoms with Gasteiger partial charge in [0.25, 0.3) is 6.08 Å². The smallest absolute Gasteiger partial charge is 0.231 e. The van der Waals surface area contributed by atoms with Crippen molar-refractivity contribution in [3.63, 3.8) is 0 Å². The summed E-state index contributed by atoms with van der Waals surface area (Å²) in [6, 6.07) is 10.2. The van der Waals surface area contributed by atoms with Crippen LogP contribution < -0.4 is 0 Å². The fraction of sp³-hybridized carbons (Fsp3) is 0.176. The highest BCUT2D eigenvalue weighted by molar-refractivity contribution is 7.99. The van der Waals surface area contributed by atoms with Gasteiger partial charge in [-0.25, -0.2) is 9.97 Å². The minimum absolute atomic E-state index is 0.308. The Morgan fingerprint density at radius 2 is 2.09 bits per heavy atom. The summed E-state index contributed by atoms with van der Waals surface area (Å²) in [5.41, 5.74) is 2.09. The zero-order valence-electron chi connectivity index (χ0n) is 12.4. The summed E-state index contributed by atoms with van der Waals surface area (Å²) >= 11 is 3.10. The van der Waals surface area contributed by atoms with Gasteiger partial charge in [0.2, 0.25) is 0 Å². The molecule has 0 radical (unpaired) electrons. The fourth-order valence-electron chi connectivity index (χ4n) is 2.27. The number of thiophene rings is 1. The van der Waals surface area contributed by atoms with E-state index in [1.165, 1.54) is 27.4 Å². The van der Waals surface area contributed by atoms with E-state index in [1.54, 1.807) is 17.5 Å². The van der Waals surface area contributed by atoms with E-state index in [1.807, 2.05) is 18.2 Å². The number of allylic oxidation sites excluding steroid dienone is 1. The third-order valence-corrected chi connectivity index (χ3v) is 5.55. The van der Waals surface area contributed by atoms with Gasteiger partial charge in [-0.05, 0) is 42.5 Å².